The van der Waals surface area contributed by atoms with Crippen molar-refractivity contribution in [2.24, 2.45) is 5.41 Å². The molecule has 0 aliphatic carbocycles. The predicted molar refractivity (Wildman–Crippen MR) is 66.3 cm³/mol. The summed E-state index contributed by atoms with van der Waals surface area (Å²) in [5.41, 5.74) is 0.141. The van der Waals surface area contributed by atoms with Crippen molar-refractivity contribution in [3.63, 3.8) is 0 Å². The van der Waals surface area contributed by atoms with E-state index in [1.165, 1.54) is 0 Å². The first-order valence-electron chi connectivity index (χ1n) is 6.05. The Morgan fingerprint density at radius 2 is 2.19 bits per heavy atom. The van der Waals surface area contributed by atoms with Gasteiger partial charge in [-0.15, -0.1) is 0 Å². The summed E-state index contributed by atoms with van der Waals surface area (Å²) in [6.45, 7) is 11.1. The second-order valence-corrected chi connectivity index (χ2v) is 5.72. The Balaban J connectivity index is 2.88. The second-order valence-electron chi connectivity index (χ2n) is 5.72. The molecule has 0 aromatic rings. The van der Waals surface area contributed by atoms with Crippen LogP contribution in [0.25, 0.3) is 0 Å². The molecule has 0 saturated carbocycles. The lowest BCUT2D eigenvalue weighted by molar-refractivity contribution is -0.125. The van der Waals surface area contributed by atoms with Crippen LogP contribution in [0.1, 0.15) is 27.7 Å². The van der Waals surface area contributed by atoms with Crippen LogP contribution in [0.5, 0.6) is 0 Å². The fourth-order valence-corrected chi connectivity index (χ4v) is 2.20. The first kappa shape index (κ1) is 13.5. The average molecular weight is 227 g/mol. The highest BCUT2D eigenvalue weighted by molar-refractivity contribution is 5.82. The highest BCUT2D eigenvalue weighted by atomic mass is 16.2. The van der Waals surface area contributed by atoms with Crippen LogP contribution in [0.4, 0.5) is 0 Å². The highest BCUT2D eigenvalue weighted by Gasteiger charge is 2.35. The molecule has 1 fully saturated rings. The number of nitrogens with one attached hydrogen (secondary N) is 2. The number of amides is 1. The molecule has 1 aliphatic rings. The van der Waals surface area contributed by atoms with Crippen molar-refractivity contribution in [2.75, 3.05) is 26.7 Å². The third kappa shape index (κ3) is 3.19. The molecule has 4 heteroatoms. The first-order chi connectivity index (χ1) is 7.37. The minimum absolute atomic E-state index is 0.0493. The van der Waals surface area contributed by atoms with E-state index in [-0.39, 0.29) is 17.4 Å². The SMILES string of the molecule is CNCC1C(=O)NCC(C)(C)CN1C(C)C. The first-order valence-corrected chi connectivity index (χ1v) is 6.05. The van der Waals surface area contributed by atoms with Gasteiger partial charge >= 0.3 is 0 Å². The van der Waals surface area contributed by atoms with Crippen molar-refractivity contribution in [3.8, 4) is 0 Å². The molecule has 16 heavy (non-hydrogen) atoms. The zero-order chi connectivity index (χ0) is 12.3. The number of rotatable bonds is 3. The number of hydrogen-bond donors (Lipinski definition) is 2. The van der Waals surface area contributed by atoms with Crippen LogP contribution in [-0.2, 0) is 4.79 Å². The standard InChI is InChI=1S/C12H25N3O/c1-9(2)15-8-12(3,4)7-14-11(16)10(15)6-13-5/h9-10,13H,6-8H2,1-5H3,(H,14,16). The van der Waals surface area contributed by atoms with E-state index in [1.54, 1.807) is 0 Å². The van der Waals surface area contributed by atoms with E-state index in [0.717, 1.165) is 13.1 Å². The number of nitrogens with zero attached hydrogens (tertiary/aromatic N) is 1. The molecule has 1 saturated heterocycles. The minimum Gasteiger partial charge on any atom is -0.354 e. The quantitative estimate of drug-likeness (QED) is 0.735. The van der Waals surface area contributed by atoms with Gasteiger partial charge in [-0.1, -0.05) is 13.8 Å². The number of likely N-dealkylation sites (N-methyl/N-ethyl adjacent to an activating group) is 1. The summed E-state index contributed by atoms with van der Waals surface area (Å²) in [6.07, 6.45) is 0. The molecular weight excluding hydrogens is 202 g/mol. The third-order valence-corrected chi connectivity index (χ3v) is 3.12. The second kappa shape index (κ2) is 5.15. The summed E-state index contributed by atoms with van der Waals surface area (Å²) < 4.78 is 0. The van der Waals surface area contributed by atoms with Crippen LogP contribution in [-0.4, -0.2) is 49.6 Å². The van der Waals surface area contributed by atoms with E-state index in [9.17, 15) is 4.79 Å². The monoisotopic (exact) mass is 227 g/mol. The molecule has 1 amide bonds. The Labute approximate surface area is 98.8 Å². The van der Waals surface area contributed by atoms with Gasteiger partial charge in [0.2, 0.25) is 5.91 Å². The Morgan fingerprint density at radius 1 is 1.56 bits per heavy atom. The summed E-state index contributed by atoms with van der Waals surface area (Å²) in [6, 6.07) is 0.341. The van der Waals surface area contributed by atoms with Crippen molar-refractivity contribution in [1.82, 2.24) is 15.5 Å². The van der Waals surface area contributed by atoms with Gasteiger partial charge in [-0.3, -0.25) is 9.69 Å². The van der Waals surface area contributed by atoms with Crippen LogP contribution in [0.3, 0.4) is 0 Å². The summed E-state index contributed by atoms with van der Waals surface area (Å²) in [4.78, 5) is 14.3. The smallest absolute Gasteiger partial charge is 0.238 e. The van der Waals surface area contributed by atoms with E-state index in [2.05, 4.69) is 43.2 Å². The lowest BCUT2D eigenvalue weighted by Gasteiger charge is -2.35. The van der Waals surface area contributed by atoms with Gasteiger partial charge in [-0.05, 0) is 26.3 Å². The Kier molecular flexibility index (Phi) is 4.33. The van der Waals surface area contributed by atoms with Crippen LogP contribution >= 0.6 is 0 Å². The molecular formula is C12H25N3O. The maximum Gasteiger partial charge on any atom is 0.238 e. The van der Waals surface area contributed by atoms with E-state index in [1.807, 2.05) is 7.05 Å². The van der Waals surface area contributed by atoms with Gasteiger partial charge in [0, 0.05) is 25.7 Å². The molecule has 2 N–H and O–H groups in total. The molecule has 1 atom stereocenters. The van der Waals surface area contributed by atoms with Crippen molar-refractivity contribution >= 4 is 5.91 Å². The zero-order valence-corrected chi connectivity index (χ0v) is 11.1. The molecule has 0 aromatic carbocycles. The van der Waals surface area contributed by atoms with Crippen molar-refractivity contribution < 1.29 is 4.79 Å². The number of carbonyl (C=O) groups is 1. The topological polar surface area (TPSA) is 44.4 Å². The maximum atomic E-state index is 12.0. The van der Waals surface area contributed by atoms with Crippen molar-refractivity contribution in [3.05, 3.63) is 0 Å². The molecule has 0 bridgehead atoms. The Bertz CT molecular complexity index is 251. The fourth-order valence-electron chi connectivity index (χ4n) is 2.20. The molecule has 4 nitrogen and oxygen atoms in total. The molecule has 1 aliphatic heterocycles. The van der Waals surface area contributed by atoms with E-state index in [0.29, 0.717) is 12.6 Å². The van der Waals surface area contributed by atoms with Gasteiger partial charge in [-0.25, -0.2) is 0 Å². The van der Waals surface area contributed by atoms with E-state index in [4.69, 9.17) is 0 Å². The Hall–Kier alpha value is -0.610. The lowest BCUT2D eigenvalue weighted by Crippen LogP contribution is -2.52. The van der Waals surface area contributed by atoms with E-state index >= 15 is 0 Å². The molecule has 0 spiro atoms. The van der Waals surface area contributed by atoms with Gasteiger partial charge in [0.25, 0.3) is 0 Å². The molecule has 94 valence electrons. The maximum absolute atomic E-state index is 12.0. The van der Waals surface area contributed by atoms with Gasteiger partial charge in [0.1, 0.15) is 6.04 Å². The highest BCUT2D eigenvalue weighted by Crippen LogP contribution is 2.22. The normalized spacial score (nSPS) is 26.6. The molecule has 1 rings (SSSR count). The Morgan fingerprint density at radius 3 is 2.69 bits per heavy atom. The van der Waals surface area contributed by atoms with Crippen molar-refractivity contribution in [1.29, 1.82) is 0 Å². The van der Waals surface area contributed by atoms with Gasteiger partial charge in [-0.2, -0.15) is 0 Å². The fraction of sp³-hybridized carbons (Fsp3) is 0.917. The molecule has 1 heterocycles. The summed E-state index contributed by atoms with van der Waals surface area (Å²) in [5, 5.41) is 6.14. The van der Waals surface area contributed by atoms with Gasteiger partial charge in [0.05, 0.1) is 0 Å². The van der Waals surface area contributed by atoms with Crippen LogP contribution < -0.4 is 10.6 Å². The number of hydrogen-bond acceptors (Lipinski definition) is 3. The van der Waals surface area contributed by atoms with Crippen LogP contribution in [0.15, 0.2) is 0 Å². The van der Waals surface area contributed by atoms with Crippen LogP contribution in [0, 0.1) is 5.41 Å². The van der Waals surface area contributed by atoms with Crippen LogP contribution in [0.2, 0.25) is 0 Å². The summed E-state index contributed by atoms with van der Waals surface area (Å²) >= 11 is 0. The molecule has 0 radical (unpaired) electrons. The zero-order valence-electron chi connectivity index (χ0n) is 11.1. The molecule has 1 unspecified atom stereocenters. The number of carbonyl (C=O) groups excluding carboxylic acids is 1. The predicted octanol–water partition coefficient (Wildman–Crippen LogP) is 0.441. The summed E-state index contributed by atoms with van der Waals surface area (Å²) in [7, 11) is 1.89. The molecule has 0 aromatic heterocycles. The van der Waals surface area contributed by atoms with Gasteiger partial charge in [0.15, 0.2) is 0 Å². The van der Waals surface area contributed by atoms with E-state index < -0.39 is 0 Å². The lowest BCUT2D eigenvalue weighted by atomic mass is 9.92. The minimum atomic E-state index is -0.0493. The third-order valence-electron chi connectivity index (χ3n) is 3.12. The van der Waals surface area contributed by atoms with Crippen molar-refractivity contribution in [2.45, 2.75) is 39.8 Å². The largest absolute Gasteiger partial charge is 0.354 e. The van der Waals surface area contributed by atoms with Gasteiger partial charge < -0.3 is 10.6 Å². The summed E-state index contributed by atoms with van der Waals surface area (Å²) in [5.74, 6) is 0.147. The average Bonchev–Trinajstić information content (AvgIpc) is 2.29.